The second-order valence-electron chi connectivity index (χ2n) is 4.81. The number of hydrogen-bond donors (Lipinski definition) is 2. The third-order valence-corrected chi connectivity index (χ3v) is 2.60. The van der Waals surface area contributed by atoms with E-state index >= 15 is 0 Å². The predicted octanol–water partition coefficient (Wildman–Crippen LogP) is 2.03. The van der Waals surface area contributed by atoms with Crippen LogP contribution in [-0.4, -0.2) is 23.7 Å². The molecule has 1 rings (SSSR count). The lowest BCUT2D eigenvalue weighted by molar-refractivity contribution is 0.0907. The highest BCUT2D eigenvalue weighted by atomic mass is 16.3. The first-order valence-electron chi connectivity index (χ1n) is 5.92. The Morgan fingerprint density at radius 1 is 1.47 bits per heavy atom. The number of hydrogen-bond acceptors (Lipinski definition) is 3. The molecule has 0 aliphatic rings. The second kappa shape index (κ2) is 5.87. The first kappa shape index (κ1) is 13.8. The molecule has 1 unspecified atom stereocenters. The Kier molecular flexibility index (Phi) is 4.75. The van der Waals surface area contributed by atoms with Crippen LogP contribution in [0.1, 0.15) is 42.1 Å². The van der Waals surface area contributed by atoms with Crippen LogP contribution >= 0.6 is 0 Å². The van der Waals surface area contributed by atoms with Gasteiger partial charge in [-0.25, -0.2) is 0 Å². The van der Waals surface area contributed by atoms with Crippen molar-refractivity contribution in [3.05, 3.63) is 23.2 Å². The monoisotopic (exact) mass is 239 g/mol. The zero-order chi connectivity index (χ0) is 13.0. The Morgan fingerprint density at radius 2 is 2.12 bits per heavy atom. The Balaban J connectivity index is 2.67. The van der Waals surface area contributed by atoms with E-state index in [1.807, 2.05) is 0 Å². The SMILES string of the molecule is Cc1cc(C(=O)NC(CO)CC(C)C)c(C)o1. The van der Waals surface area contributed by atoms with Gasteiger partial charge in [0.15, 0.2) is 0 Å². The first-order chi connectivity index (χ1) is 7.93. The molecule has 2 N–H and O–H groups in total. The number of furan rings is 1. The molecule has 0 spiro atoms. The summed E-state index contributed by atoms with van der Waals surface area (Å²) in [7, 11) is 0. The summed E-state index contributed by atoms with van der Waals surface area (Å²) in [6, 6.07) is 1.52. The van der Waals surface area contributed by atoms with Gasteiger partial charge in [-0.2, -0.15) is 0 Å². The summed E-state index contributed by atoms with van der Waals surface area (Å²) in [6.07, 6.45) is 0.762. The van der Waals surface area contributed by atoms with Crippen LogP contribution in [0.2, 0.25) is 0 Å². The number of rotatable bonds is 5. The van der Waals surface area contributed by atoms with Crippen LogP contribution < -0.4 is 5.32 Å². The molecule has 0 saturated heterocycles. The Labute approximate surface area is 102 Å². The fraction of sp³-hybridized carbons (Fsp3) is 0.615. The molecule has 0 saturated carbocycles. The van der Waals surface area contributed by atoms with Crippen LogP contribution in [0.25, 0.3) is 0 Å². The van der Waals surface area contributed by atoms with Crippen molar-refractivity contribution in [3.8, 4) is 0 Å². The molecule has 4 nitrogen and oxygen atoms in total. The summed E-state index contributed by atoms with van der Waals surface area (Å²) in [5.74, 6) is 1.58. The molecule has 1 aromatic rings. The van der Waals surface area contributed by atoms with Gasteiger partial charge < -0.3 is 14.8 Å². The minimum Gasteiger partial charge on any atom is -0.466 e. The van der Waals surface area contributed by atoms with Crippen molar-refractivity contribution >= 4 is 5.91 Å². The van der Waals surface area contributed by atoms with Crippen LogP contribution in [0.4, 0.5) is 0 Å². The quantitative estimate of drug-likeness (QED) is 0.826. The molecule has 0 fully saturated rings. The Morgan fingerprint density at radius 3 is 2.53 bits per heavy atom. The lowest BCUT2D eigenvalue weighted by Crippen LogP contribution is -2.38. The number of aryl methyl sites for hydroxylation is 2. The van der Waals surface area contributed by atoms with Gasteiger partial charge in [-0.15, -0.1) is 0 Å². The number of amides is 1. The van der Waals surface area contributed by atoms with Gasteiger partial charge in [-0.3, -0.25) is 4.79 Å². The number of carbonyl (C=O) groups is 1. The topological polar surface area (TPSA) is 62.5 Å². The first-order valence-corrected chi connectivity index (χ1v) is 5.92. The van der Waals surface area contributed by atoms with Crippen molar-refractivity contribution < 1.29 is 14.3 Å². The number of nitrogens with one attached hydrogen (secondary N) is 1. The third-order valence-electron chi connectivity index (χ3n) is 2.60. The Hall–Kier alpha value is -1.29. The summed E-state index contributed by atoms with van der Waals surface area (Å²) in [6.45, 7) is 7.64. The highest BCUT2D eigenvalue weighted by Crippen LogP contribution is 2.14. The molecule has 1 aromatic heterocycles. The van der Waals surface area contributed by atoms with Crippen molar-refractivity contribution in [1.29, 1.82) is 0 Å². The number of carbonyl (C=O) groups excluding carboxylic acids is 1. The van der Waals surface area contributed by atoms with Crippen molar-refractivity contribution in [2.45, 2.75) is 40.2 Å². The van der Waals surface area contributed by atoms with Crippen molar-refractivity contribution in [1.82, 2.24) is 5.32 Å². The molecule has 0 bridgehead atoms. The maximum atomic E-state index is 11.9. The maximum absolute atomic E-state index is 11.9. The van der Waals surface area contributed by atoms with E-state index in [1.165, 1.54) is 0 Å². The van der Waals surface area contributed by atoms with Crippen molar-refractivity contribution in [3.63, 3.8) is 0 Å². The van der Waals surface area contributed by atoms with Crippen LogP contribution in [0.5, 0.6) is 0 Å². The summed E-state index contributed by atoms with van der Waals surface area (Å²) in [4.78, 5) is 11.9. The normalized spacial score (nSPS) is 12.8. The van der Waals surface area contributed by atoms with Gasteiger partial charge in [0, 0.05) is 0 Å². The molecule has 0 radical (unpaired) electrons. The number of aliphatic hydroxyl groups is 1. The third kappa shape index (κ3) is 3.89. The lowest BCUT2D eigenvalue weighted by atomic mass is 10.0. The van der Waals surface area contributed by atoms with E-state index in [0.717, 1.165) is 12.2 Å². The molecule has 96 valence electrons. The highest BCUT2D eigenvalue weighted by Gasteiger charge is 2.18. The van der Waals surface area contributed by atoms with E-state index in [1.54, 1.807) is 19.9 Å². The minimum atomic E-state index is -0.197. The lowest BCUT2D eigenvalue weighted by Gasteiger charge is -2.17. The van der Waals surface area contributed by atoms with Crippen LogP contribution in [0.3, 0.4) is 0 Å². The van der Waals surface area contributed by atoms with Crippen molar-refractivity contribution in [2.24, 2.45) is 5.92 Å². The Bertz CT molecular complexity index is 382. The van der Waals surface area contributed by atoms with Crippen LogP contribution in [0, 0.1) is 19.8 Å². The molecule has 0 aliphatic carbocycles. The van der Waals surface area contributed by atoms with E-state index in [4.69, 9.17) is 4.42 Å². The molecule has 0 aromatic carbocycles. The zero-order valence-corrected chi connectivity index (χ0v) is 10.9. The van der Waals surface area contributed by atoms with Gasteiger partial charge in [0.05, 0.1) is 18.2 Å². The van der Waals surface area contributed by atoms with E-state index in [9.17, 15) is 9.90 Å². The van der Waals surface area contributed by atoms with E-state index in [0.29, 0.717) is 17.2 Å². The molecule has 1 amide bonds. The van der Waals surface area contributed by atoms with Gasteiger partial charge in [0.1, 0.15) is 11.5 Å². The summed E-state index contributed by atoms with van der Waals surface area (Å²) in [5, 5.41) is 12.0. The molecule has 4 heteroatoms. The van der Waals surface area contributed by atoms with Crippen LogP contribution in [0.15, 0.2) is 10.5 Å². The smallest absolute Gasteiger partial charge is 0.255 e. The zero-order valence-electron chi connectivity index (χ0n) is 10.9. The number of aliphatic hydroxyl groups excluding tert-OH is 1. The second-order valence-corrected chi connectivity index (χ2v) is 4.81. The van der Waals surface area contributed by atoms with E-state index in [2.05, 4.69) is 19.2 Å². The van der Waals surface area contributed by atoms with Gasteiger partial charge in [0.25, 0.3) is 5.91 Å². The maximum Gasteiger partial charge on any atom is 0.255 e. The largest absolute Gasteiger partial charge is 0.466 e. The molecule has 1 atom stereocenters. The molecular formula is C13H21NO3. The average Bonchev–Trinajstić information content (AvgIpc) is 2.56. The van der Waals surface area contributed by atoms with Gasteiger partial charge in [-0.05, 0) is 32.3 Å². The van der Waals surface area contributed by atoms with Crippen molar-refractivity contribution in [2.75, 3.05) is 6.61 Å². The van der Waals surface area contributed by atoms with Gasteiger partial charge >= 0.3 is 0 Å². The predicted molar refractivity (Wildman–Crippen MR) is 66.0 cm³/mol. The van der Waals surface area contributed by atoms with E-state index < -0.39 is 0 Å². The summed E-state index contributed by atoms with van der Waals surface area (Å²) in [5.41, 5.74) is 0.546. The van der Waals surface area contributed by atoms with Gasteiger partial charge in [-0.1, -0.05) is 13.8 Å². The average molecular weight is 239 g/mol. The molecule has 0 aliphatic heterocycles. The van der Waals surface area contributed by atoms with Gasteiger partial charge in [0.2, 0.25) is 0 Å². The summed E-state index contributed by atoms with van der Waals surface area (Å²) < 4.78 is 5.31. The highest BCUT2D eigenvalue weighted by molar-refractivity contribution is 5.95. The fourth-order valence-corrected chi connectivity index (χ4v) is 1.87. The minimum absolute atomic E-state index is 0.0419. The van der Waals surface area contributed by atoms with E-state index in [-0.39, 0.29) is 18.6 Å². The van der Waals surface area contributed by atoms with Crippen LogP contribution in [-0.2, 0) is 0 Å². The summed E-state index contributed by atoms with van der Waals surface area (Å²) >= 11 is 0. The standard InChI is InChI=1S/C13H21NO3/c1-8(2)5-11(7-15)14-13(16)12-6-9(3)17-10(12)4/h6,8,11,15H,5,7H2,1-4H3,(H,14,16). The fourth-order valence-electron chi connectivity index (χ4n) is 1.87. The molecule has 1 heterocycles. The molecule has 17 heavy (non-hydrogen) atoms. The molecular weight excluding hydrogens is 218 g/mol.